The highest BCUT2D eigenvalue weighted by molar-refractivity contribution is 5.50. The molecule has 0 bridgehead atoms. The topological polar surface area (TPSA) is 21.3 Å². The van der Waals surface area contributed by atoms with Gasteiger partial charge in [0, 0.05) is 12.1 Å². The molecule has 0 radical (unpaired) electrons. The van der Waals surface area contributed by atoms with Crippen molar-refractivity contribution in [1.29, 1.82) is 0 Å². The molecule has 3 unspecified atom stereocenters. The average molecular weight is 251 g/mol. The van der Waals surface area contributed by atoms with E-state index in [0.717, 1.165) is 6.42 Å². The van der Waals surface area contributed by atoms with E-state index in [-0.39, 0.29) is 5.82 Å². The zero-order valence-corrected chi connectivity index (χ0v) is 11.4. The van der Waals surface area contributed by atoms with Crippen molar-refractivity contribution in [3.63, 3.8) is 0 Å². The molecular formula is C15H22FNO. The second kappa shape index (κ2) is 5.59. The van der Waals surface area contributed by atoms with Crippen LogP contribution >= 0.6 is 0 Å². The predicted octanol–water partition coefficient (Wildman–Crippen LogP) is 4.07. The van der Waals surface area contributed by atoms with Gasteiger partial charge in [0.25, 0.3) is 0 Å². The monoisotopic (exact) mass is 251 g/mol. The smallest absolute Gasteiger partial charge is 0.146 e. The Morgan fingerprint density at radius 2 is 2.06 bits per heavy atom. The van der Waals surface area contributed by atoms with Crippen LogP contribution in [0.1, 0.15) is 33.1 Å². The Hall–Kier alpha value is -1.25. The summed E-state index contributed by atoms with van der Waals surface area (Å²) >= 11 is 0. The Balaban J connectivity index is 2.12. The van der Waals surface area contributed by atoms with Crippen LogP contribution in [0.4, 0.5) is 10.1 Å². The quantitative estimate of drug-likeness (QED) is 0.874. The number of rotatable bonds is 3. The maximum atomic E-state index is 13.8. The van der Waals surface area contributed by atoms with Crippen molar-refractivity contribution in [2.75, 3.05) is 12.4 Å². The first-order chi connectivity index (χ1) is 8.61. The molecule has 1 N–H and O–H groups in total. The van der Waals surface area contributed by atoms with Crippen LogP contribution in [-0.4, -0.2) is 13.2 Å². The number of anilines is 1. The van der Waals surface area contributed by atoms with E-state index >= 15 is 0 Å². The van der Waals surface area contributed by atoms with E-state index < -0.39 is 0 Å². The average Bonchev–Trinajstić information content (AvgIpc) is 2.37. The van der Waals surface area contributed by atoms with Crippen molar-refractivity contribution in [2.45, 2.75) is 39.2 Å². The fraction of sp³-hybridized carbons (Fsp3) is 0.600. The lowest BCUT2D eigenvalue weighted by Crippen LogP contribution is -2.35. The van der Waals surface area contributed by atoms with Gasteiger partial charge in [0.1, 0.15) is 11.6 Å². The van der Waals surface area contributed by atoms with Crippen LogP contribution in [0.15, 0.2) is 18.2 Å². The molecule has 2 nitrogen and oxygen atoms in total. The molecule has 2 rings (SSSR count). The maximum absolute atomic E-state index is 13.8. The summed E-state index contributed by atoms with van der Waals surface area (Å²) in [5.41, 5.74) is 0.556. The Kier molecular flexibility index (Phi) is 4.10. The van der Waals surface area contributed by atoms with Crippen LogP contribution < -0.4 is 10.1 Å². The molecule has 1 saturated carbocycles. The van der Waals surface area contributed by atoms with Crippen LogP contribution in [-0.2, 0) is 0 Å². The van der Waals surface area contributed by atoms with Gasteiger partial charge in [0.15, 0.2) is 0 Å². The highest BCUT2D eigenvalue weighted by Gasteiger charge is 2.27. The van der Waals surface area contributed by atoms with Gasteiger partial charge in [-0.3, -0.25) is 0 Å². The van der Waals surface area contributed by atoms with Crippen molar-refractivity contribution in [1.82, 2.24) is 0 Å². The van der Waals surface area contributed by atoms with Crippen LogP contribution in [0.5, 0.6) is 5.75 Å². The lowest BCUT2D eigenvalue weighted by Gasteiger charge is -2.35. The van der Waals surface area contributed by atoms with Gasteiger partial charge < -0.3 is 10.1 Å². The standard InChI is InChI=1S/C15H22FNO/c1-10-5-4-6-14(11(10)2)17-15-9-12(18-3)7-8-13(15)16/h7-11,14,17H,4-6H2,1-3H3. The second-order valence-electron chi connectivity index (χ2n) is 5.36. The van der Waals surface area contributed by atoms with Crippen LogP contribution in [0.3, 0.4) is 0 Å². The molecule has 0 aliphatic heterocycles. The van der Waals surface area contributed by atoms with Gasteiger partial charge in [-0.05, 0) is 30.4 Å². The summed E-state index contributed by atoms with van der Waals surface area (Å²) in [4.78, 5) is 0. The van der Waals surface area contributed by atoms with E-state index in [1.54, 1.807) is 19.2 Å². The third kappa shape index (κ3) is 2.77. The Bertz CT molecular complexity index is 407. The van der Waals surface area contributed by atoms with E-state index in [1.807, 2.05) is 0 Å². The molecule has 1 aromatic carbocycles. The molecule has 0 spiro atoms. The van der Waals surface area contributed by atoms with Crippen molar-refractivity contribution in [3.05, 3.63) is 24.0 Å². The van der Waals surface area contributed by atoms with Crippen molar-refractivity contribution < 1.29 is 9.13 Å². The fourth-order valence-electron chi connectivity index (χ4n) is 2.73. The first-order valence-corrected chi connectivity index (χ1v) is 6.72. The number of methoxy groups -OCH3 is 1. The molecular weight excluding hydrogens is 229 g/mol. The molecule has 3 atom stereocenters. The first-order valence-electron chi connectivity index (χ1n) is 6.72. The minimum Gasteiger partial charge on any atom is -0.497 e. The largest absolute Gasteiger partial charge is 0.497 e. The van der Waals surface area contributed by atoms with Crippen molar-refractivity contribution in [2.24, 2.45) is 11.8 Å². The second-order valence-corrected chi connectivity index (χ2v) is 5.36. The molecule has 1 aromatic rings. The maximum Gasteiger partial charge on any atom is 0.146 e. The number of ether oxygens (including phenoxy) is 1. The minimum atomic E-state index is -0.207. The van der Waals surface area contributed by atoms with Crippen molar-refractivity contribution in [3.8, 4) is 5.75 Å². The lowest BCUT2D eigenvalue weighted by molar-refractivity contribution is 0.252. The highest BCUT2D eigenvalue weighted by atomic mass is 19.1. The number of hydrogen-bond acceptors (Lipinski definition) is 2. The number of halogens is 1. The first kappa shape index (κ1) is 13.2. The number of hydrogen-bond donors (Lipinski definition) is 1. The molecule has 1 aliphatic carbocycles. The van der Waals surface area contributed by atoms with Gasteiger partial charge in [-0.25, -0.2) is 4.39 Å². The summed E-state index contributed by atoms with van der Waals surface area (Å²) < 4.78 is 18.9. The lowest BCUT2D eigenvalue weighted by atomic mass is 9.78. The summed E-state index contributed by atoms with van der Waals surface area (Å²) in [6, 6.07) is 5.20. The van der Waals surface area contributed by atoms with E-state index in [4.69, 9.17) is 4.74 Å². The molecule has 1 aliphatic rings. The van der Waals surface area contributed by atoms with Gasteiger partial charge in [0.2, 0.25) is 0 Å². The van der Waals surface area contributed by atoms with Gasteiger partial charge in [0.05, 0.1) is 12.8 Å². The molecule has 3 heteroatoms. The third-order valence-electron chi connectivity index (χ3n) is 4.22. The van der Waals surface area contributed by atoms with Gasteiger partial charge in [-0.1, -0.05) is 26.7 Å². The molecule has 0 heterocycles. The van der Waals surface area contributed by atoms with Crippen LogP contribution in [0.25, 0.3) is 0 Å². The zero-order valence-electron chi connectivity index (χ0n) is 11.4. The summed E-state index contributed by atoms with van der Waals surface area (Å²) in [6.45, 7) is 4.53. The Labute approximate surface area is 109 Å². The number of benzene rings is 1. The van der Waals surface area contributed by atoms with E-state index in [0.29, 0.717) is 29.3 Å². The summed E-state index contributed by atoms with van der Waals surface area (Å²) in [5, 5.41) is 3.35. The molecule has 100 valence electrons. The summed E-state index contributed by atoms with van der Waals surface area (Å²) in [5.74, 6) is 1.76. The van der Waals surface area contributed by atoms with Gasteiger partial charge in [-0.15, -0.1) is 0 Å². The van der Waals surface area contributed by atoms with Gasteiger partial charge in [-0.2, -0.15) is 0 Å². The molecule has 0 saturated heterocycles. The molecule has 0 aromatic heterocycles. The summed E-state index contributed by atoms with van der Waals surface area (Å²) in [6.07, 6.45) is 3.61. The normalized spacial score (nSPS) is 27.9. The fourth-order valence-corrected chi connectivity index (χ4v) is 2.73. The van der Waals surface area contributed by atoms with Gasteiger partial charge >= 0.3 is 0 Å². The summed E-state index contributed by atoms with van der Waals surface area (Å²) in [7, 11) is 1.60. The highest BCUT2D eigenvalue weighted by Crippen LogP contribution is 2.32. The van der Waals surface area contributed by atoms with Crippen molar-refractivity contribution >= 4 is 5.69 Å². The minimum absolute atomic E-state index is 0.207. The Morgan fingerprint density at radius 1 is 1.28 bits per heavy atom. The Morgan fingerprint density at radius 3 is 2.78 bits per heavy atom. The third-order valence-corrected chi connectivity index (χ3v) is 4.22. The SMILES string of the molecule is COc1ccc(F)c(NC2CCCC(C)C2C)c1. The number of nitrogens with one attached hydrogen (secondary N) is 1. The predicted molar refractivity (Wildman–Crippen MR) is 72.5 cm³/mol. The molecule has 0 amide bonds. The van der Waals surface area contributed by atoms with E-state index in [9.17, 15) is 4.39 Å². The zero-order chi connectivity index (χ0) is 13.1. The molecule has 18 heavy (non-hydrogen) atoms. The van der Waals surface area contributed by atoms with E-state index in [2.05, 4.69) is 19.2 Å². The van der Waals surface area contributed by atoms with E-state index in [1.165, 1.54) is 18.9 Å². The molecule has 1 fully saturated rings. The van der Waals surface area contributed by atoms with Crippen LogP contribution in [0.2, 0.25) is 0 Å². The van der Waals surface area contributed by atoms with Crippen LogP contribution in [0, 0.1) is 17.7 Å².